The van der Waals surface area contributed by atoms with Crippen molar-refractivity contribution in [2.75, 3.05) is 0 Å². The summed E-state index contributed by atoms with van der Waals surface area (Å²) in [6.07, 6.45) is 0. The molecule has 6 nitrogen and oxygen atoms in total. The Labute approximate surface area is 115 Å². The molecule has 56 valence electrons. The molecule has 0 aromatic heterocycles. The van der Waals surface area contributed by atoms with Gasteiger partial charge in [-0.15, -0.1) is 0 Å². The number of hydrogen-bond acceptors (Lipinski definition) is 2. The Kier molecular flexibility index (Phi) is 43.5. The normalized spacial score (nSPS) is 6.44. The van der Waals surface area contributed by atoms with Crippen molar-refractivity contribution >= 4 is 89.1 Å². The average Bonchev–Trinajstić information content (AvgIpc) is 0.722. The van der Waals surface area contributed by atoms with E-state index < -0.39 is 10.4 Å². The van der Waals surface area contributed by atoms with E-state index in [4.69, 9.17) is 17.5 Å². The SMILES string of the molecule is O.O.O=S(=O)(O)O.[KH].[PbH2]. The Balaban J connectivity index is -0.0000000133. The number of rotatable bonds is 0. The predicted molar refractivity (Wildman–Crippen MR) is 37.1 cm³/mol. The molecule has 0 aliphatic heterocycles. The molecule has 0 aromatic rings. The molecule has 0 bridgehead atoms. The maximum absolute atomic E-state index is 8.74. The van der Waals surface area contributed by atoms with E-state index in [0.29, 0.717) is 0 Å². The molecule has 9 heavy (non-hydrogen) atoms. The van der Waals surface area contributed by atoms with Crippen molar-refractivity contribution < 1.29 is 28.5 Å². The fraction of sp³-hybridized carbons (Fsp3) is 0. The van der Waals surface area contributed by atoms with Crippen molar-refractivity contribution in [2.45, 2.75) is 0 Å². The molecular weight excluding hydrogens is 374 g/mol. The van der Waals surface area contributed by atoms with Crippen LogP contribution in [-0.2, 0) is 10.4 Å². The first-order valence-corrected chi connectivity index (χ1v) is 2.10. The van der Waals surface area contributed by atoms with Gasteiger partial charge in [-0.2, -0.15) is 8.42 Å². The standard InChI is InChI=1S/K.H2O4S.2H2O.Pb.3H/c;1-5(2,3)4;;;;;;/h;(H2,1,2,3,4);2*1H2;;;;. The topological polar surface area (TPSA) is 138 Å². The zero-order chi connectivity index (χ0) is 4.50. The van der Waals surface area contributed by atoms with Gasteiger partial charge in [0.2, 0.25) is 0 Å². The Morgan fingerprint density at radius 3 is 1.00 bits per heavy atom. The Bertz CT molecular complexity index is 96.2. The second-order valence-electron chi connectivity index (χ2n) is 0.448. The molecule has 9 heteroatoms. The van der Waals surface area contributed by atoms with Gasteiger partial charge in [-0.25, -0.2) is 0 Å². The molecule has 2 radical (unpaired) electrons. The quantitative estimate of drug-likeness (QED) is 0.326. The van der Waals surface area contributed by atoms with E-state index in [-0.39, 0.29) is 89.6 Å². The molecule has 0 unspecified atom stereocenters. The van der Waals surface area contributed by atoms with Gasteiger partial charge in [-0.3, -0.25) is 9.11 Å². The van der Waals surface area contributed by atoms with Gasteiger partial charge in [0.05, 0.1) is 0 Å². The molecule has 6 N–H and O–H groups in total. The molecule has 0 spiro atoms. The van der Waals surface area contributed by atoms with E-state index in [1.54, 1.807) is 0 Å². The summed E-state index contributed by atoms with van der Waals surface area (Å²) in [6, 6.07) is 0. The fourth-order valence-corrected chi connectivity index (χ4v) is 0. The van der Waals surface area contributed by atoms with Crippen molar-refractivity contribution in [2.24, 2.45) is 0 Å². The van der Waals surface area contributed by atoms with E-state index in [2.05, 4.69) is 0 Å². The maximum atomic E-state index is 8.74. The van der Waals surface area contributed by atoms with Crippen molar-refractivity contribution in [3.8, 4) is 0 Å². The van der Waals surface area contributed by atoms with Gasteiger partial charge in [-0.1, -0.05) is 0 Å². The Hall–Kier alpha value is 2.35. The van der Waals surface area contributed by atoms with E-state index in [1.165, 1.54) is 0 Å². The molecule has 0 rings (SSSR count). The second kappa shape index (κ2) is 13.0. The summed E-state index contributed by atoms with van der Waals surface area (Å²) < 4.78 is 31.6. The summed E-state index contributed by atoms with van der Waals surface area (Å²) in [5.74, 6) is 0. The van der Waals surface area contributed by atoms with E-state index >= 15 is 0 Å². The summed E-state index contributed by atoms with van der Waals surface area (Å²) in [7, 11) is -4.67. The van der Waals surface area contributed by atoms with Gasteiger partial charge in [0.15, 0.2) is 0 Å². The molecule has 0 amide bonds. The van der Waals surface area contributed by atoms with Gasteiger partial charge >= 0.3 is 89.1 Å². The first-order chi connectivity index (χ1) is 2.00. The van der Waals surface area contributed by atoms with Crippen LogP contribution < -0.4 is 0 Å². The van der Waals surface area contributed by atoms with Crippen LogP contribution in [-0.4, -0.2) is 107 Å². The van der Waals surface area contributed by atoms with Crippen molar-refractivity contribution in [1.82, 2.24) is 0 Å². The molecule has 0 saturated heterocycles. The fourth-order valence-electron chi connectivity index (χ4n) is 0. The minimum absolute atomic E-state index is 0. The summed E-state index contributed by atoms with van der Waals surface area (Å²) in [6.45, 7) is 0. The Morgan fingerprint density at radius 1 is 1.00 bits per heavy atom. The van der Waals surface area contributed by atoms with Crippen LogP contribution in [0.4, 0.5) is 0 Å². The van der Waals surface area contributed by atoms with E-state index in [9.17, 15) is 0 Å². The summed E-state index contributed by atoms with van der Waals surface area (Å²) in [5, 5.41) is 0. The molecule has 0 heterocycles. The van der Waals surface area contributed by atoms with Gasteiger partial charge in [0, 0.05) is 0 Å². The van der Waals surface area contributed by atoms with Gasteiger partial charge < -0.3 is 11.0 Å². The van der Waals surface area contributed by atoms with Crippen LogP contribution in [0.25, 0.3) is 0 Å². The number of hydrogen-bond donors (Lipinski definition) is 2. The predicted octanol–water partition coefficient (Wildman–Crippen LogP) is -3.87. The zero-order valence-corrected chi connectivity index (χ0v) is 10.1. The second-order valence-corrected chi connectivity index (χ2v) is 1.34. The molecule has 0 aromatic carbocycles. The third-order valence-corrected chi connectivity index (χ3v) is 0. The molecule has 0 saturated carbocycles. The van der Waals surface area contributed by atoms with Crippen LogP contribution in [0.15, 0.2) is 0 Å². The van der Waals surface area contributed by atoms with Crippen LogP contribution in [0.5, 0.6) is 0 Å². The first-order valence-electron chi connectivity index (χ1n) is 0.698. The summed E-state index contributed by atoms with van der Waals surface area (Å²) in [5.41, 5.74) is 0. The minimum atomic E-state index is -4.67. The molecule has 0 atom stereocenters. The van der Waals surface area contributed by atoms with Crippen molar-refractivity contribution in [1.29, 1.82) is 0 Å². The van der Waals surface area contributed by atoms with E-state index in [0.717, 1.165) is 0 Å². The molecule has 0 fully saturated rings. The monoisotopic (exact) mass is 384 g/mol. The molecule has 0 aliphatic rings. The van der Waals surface area contributed by atoms with Crippen molar-refractivity contribution in [3.05, 3.63) is 0 Å². The van der Waals surface area contributed by atoms with Crippen LogP contribution in [0.2, 0.25) is 0 Å². The average molecular weight is 383 g/mol. The van der Waals surface area contributed by atoms with Gasteiger partial charge in [0.25, 0.3) is 0 Å². The molecule has 0 aliphatic carbocycles. The zero-order valence-electron chi connectivity index (χ0n) is 3.83. The Morgan fingerprint density at radius 2 is 1.00 bits per heavy atom. The van der Waals surface area contributed by atoms with Crippen LogP contribution in [0, 0.1) is 0 Å². The summed E-state index contributed by atoms with van der Waals surface area (Å²) >= 11 is 0. The third-order valence-electron chi connectivity index (χ3n) is 0. The molecular formula is H9KO6PbS. The van der Waals surface area contributed by atoms with E-state index in [1.807, 2.05) is 0 Å². The third kappa shape index (κ3) is 131. The van der Waals surface area contributed by atoms with Crippen LogP contribution in [0.3, 0.4) is 0 Å². The van der Waals surface area contributed by atoms with Gasteiger partial charge in [0.1, 0.15) is 0 Å². The van der Waals surface area contributed by atoms with Crippen LogP contribution in [0.1, 0.15) is 0 Å². The van der Waals surface area contributed by atoms with Crippen molar-refractivity contribution in [3.63, 3.8) is 0 Å². The van der Waals surface area contributed by atoms with Crippen LogP contribution >= 0.6 is 0 Å². The first kappa shape index (κ1) is 30.2. The van der Waals surface area contributed by atoms with Gasteiger partial charge in [-0.05, 0) is 0 Å². The summed E-state index contributed by atoms with van der Waals surface area (Å²) in [4.78, 5) is 0.